The average molecular weight is 278 g/mol. The van der Waals surface area contributed by atoms with Gasteiger partial charge < -0.3 is 15.0 Å². The summed E-state index contributed by atoms with van der Waals surface area (Å²) < 4.78 is 5.15. The number of nitrogens with one attached hydrogen (secondary N) is 1. The molecule has 1 atom stereocenters. The van der Waals surface area contributed by atoms with Crippen molar-refractivity contribution < 1.29 is 4.74 Å². The van der Waals surface area contributed by atoms with E-state index in [-0.39, 0.29) is 0 Å². The average Bonchev–Trinajstić information content (AvgIpc) is 2.48. The SMILES string of the molecule is CC[C@@H]1CCCCN1C(=S)Nc1ccc(OC)cc1. The summed E-state index contributed by atoms with van der Waals surface area (Å²) in [6, 6.07) is 8.47. The first-order chi connectivity index (χ1) is 9.24. The molecule has 0 amide bonds. The fourth-order valence-corrected chi connectivity index (χ4v) is 2.92. The van der Waals surface area contributed by atoms with Crippen LogP contribution in [-0.4, -0.2) is 29.7 Å². The van der Waals surface area contributed by atoms with Crippen LogP contribution in [0.15, 0.2) is 24.3 Å². The van der Waals surface area contributed by atoms with Crippen molar-refractivity contribution in [2.75, 3.05) is 19.0 Å². The molecule has 1 aromatic rings. The van der Waals surface area contributed by atoms with Gasteiger partial charge in [0.15, 0.2) is 5.11 Å². The van der Waals surface area contributed by atoms with Gasteiger partial charge in [-0.1, -0.05) is 6.92 Å². The molecule has 0 bridgehead atoms. The van der Waals surface area contributed by atoms with Crippen molar-refractivity contribution in [3.05, 3.63) is 24.3 Å². The Morgan fingerprint density at radius 3 is 2.74 bits per heavy atom. The van der Waals surface area contributed by atoms with Crippen LogP contribution in [0.25, 0.3) is 0 Å². The highest BCUT2D eigenvalue weighted by Gasteiger charge is 2.22. The maximum atomic E-state index is 5.54. The van der Waals surface area contributed by atoms with Crippen LogP contribution in [0.1, 0.15) is 32.6 Å². The highest BCUT2D eigenvalue weighted by molar-refractivity contribution is 7.80. The zero-order valence-electron chi connectivity index (χ0n) is 11.7. The third-order valence-corrected chi connectivity index (χ3v) is 4.04. The zero-order chi connectivity index (χ0) is 13.7. The maximum absolute atomic E-state index is 5.54. The van der Waals surface area contributed by atoms with Crippen LogP contribution in [-0.2, 0) is 0 Å². The number of anilines is 1. The van der Waals surface area contributed by atoms with Crippen molar-refractivity contribution in [3.63, 3.8) is 0 Å². The summed E-state index contributed by atoms with van der Waals surface area (Å²) in [5.74, 6) is 0.862. The van der Waals surface area contributed by atoms with Crippen LogP contribution in [0, 0.1) is 0 Å². The first-order valence-electron chi connectivity index (χ1n) is 6.96. The summed E-state index contributed by atoms with van der Waals surface area (Å²) in [5, 5.41) is 4.17. The van der Waals surface area contributed by atoms with E-state index in [1.807, 2.05) is 24.3 Å². The molecule has 0 spiro atoms. The number of rotatable bonds is 3. The minimum atomic E-state index is 0.590. The molecule has 0 radical (unpaired) electrons. The topological polar surface area (TPSA) is 24.5 Å². The highest BCUT2D eigenvalue weighted by atomic mass is 32.1. The summed E-state index contributed by atoms with van der Waals surface area (Å²) in [4.78, 5) is 2.34. The van der Waals surface area contributed by atoms with Crippen LogP contribution in [0.5, 0.6) is 5.75 Å². The molecule has 0 aliphatic carbocycles. The Morgan fingerprint density at radius 1 is 1.37 bits per heavy atom. The molecule has 2 rings (SSSR count). The van der Waals surface area contributed by atoms with Gasteiger partial charge in [-0.05, 0) is 62.2 Å². The van der Waals surface area contributed by atoms with Crippen LogP contribution < -0.4 is 10.1 Å². The van der Waals surface area contributed by atoms with Crippen molar-refractivity contribution >= 4 is 23.0 Å². The third-order valence-electron chi connectivity index (χ3n) is 3.70. The zero-order valence-corrected chi connectivity index (χ0v) is 12.5. The highest BCUT2D eigenvalue weighted by Crippen LogP contribution is 2.21. The first-order valence-corrected chi connectivity index (χ1v) is 7.37. The van der Waals surface area contributed by atoms with Gasteiger partial charge >= 0.3 is 0 Å². The minimum Gasteiger partial charge on any atom is -0.497 e. The van der Waals surface area contributed by atoms with Crippen LogP contribution in [0.3, 0.4) is 0 Å². The minimum absolute atomic E-state index is 0.590. The molecule has 104 valence electrons. The molecular weight excluding hydrogens is 256 g/mol. The molecule has 0 unspecified atom stereocenters. The molecule has 4 heteroatoms. The number of hydrogen-bond donors (Lipinski definition) is 1. The van der Waals surface area contributed by atoms with Crippen molar-refractivity contribution in [1.82, 2.24) is 4.90 Å². The number of ether oxygens (including phenoxy) is 1. The number of likely N-dealkylation sites (tertiary alicyclic amines) is 1. The van der Waals surface area contributed by atoms with Crippen molar-refractivity contribution in [1.29, 1.82) is 0 Å². The normalized spacial score (nSPS) is 19.1. The van der Waals surface area contributed by atoms with E-state index < -0.39 is 0 Å². The predicted molar refractivity (Wildman–Crippen MR) is 83.9 cm³/mol. The summed E-state index contributed by atoms with van der Waals surface area (Å²) >= 11 is 5.54. The Labute approximate surface area is 120 Å². The Balaban J connectivity index is 1.98. The molecule has 1 saturated heterocycles. The molecule has 1 N–H and O–H groups in total. The summed E-state index contributed by atoms with van der Waals surface area (Å²) in [5.41, 5.74) is 1.02. The van der Waals surface area contributed by atoms with Gasteiger partial charge in [-0.3, -0.25) is 0 Å². The van der Waals surface area contributed by atoms with E-state index >= 15 is 0 Å². The van der Waals surface area contributed by atoms with E-state index in [1.165, 1.54) is 19.3 Å². The smallest absolute Gasteiger partial charge is 0.173 e. The van der Waals surface area contributed by atoms with Crippen molar-refractivity contribution in [3.8, 4) is 5.75 Å². The largest absolute Gasteiger partial charge is 0.497 e. The van der Waals surface area contributed by atoms with Gasteiger partial charge in [0, 0.05) is 18.3 Å². The second-order valence-electron chi connectivity index (χ2n) is 4.91. The Hall–Kier alpha value is -1.29. The molecule has 1 fully saturated rings. The van der Waals surface area contributed by atoms with Gasteiger partial charge in [0.2, 0.25) is 0 Å². The second-order valence-corrected chi connectivity index (χ2v) is 5.30. The molecule has 0 aromatic heterocycles. The standard InChI is InChI=1S/C15H22N2OS/c1-3-13-6-4-5-11-17(13)15(19)16-12-7-9-14(18-2)10-8-12/h7-10,13H,3-6,11H2,1-2H3,(H,16,19)/t13-/m1/s1. The molecule has 1 aliphatic rings. The fourth-order valence-electron chi connectivity index (χ4n) is 2.56. The first kappa shape index (κ1) is 14.1. The summed E-state index contributed by atoms with van der Waals surface area (Å²) in [6.07, 6.45) is 4.96. The van der Waals surface area contributed by atoms with E-state index in [2.05, 4.69) is 17.1 Å². The van der Waals surface area contributed by atoms with Gasteiger partial charge in [-0.25, -0.2) is 0 Å². The quantitative estimate of drug-likeness (QED) is 0.853. The number of nitrogens with zero attached hydrogens (tertiary/aromatic N) is 1. The molecule has 1 heterocycles. The van der Waals surface area contributed by atoms with Crippen molar-refractivity contribution in [2.45, 2.75) is 38.6 Å². The molecule has 1 aliphatic heterocycles. The Morgan fingerprint density at radius 2 is 2.11 bits per heavy atom. The van der Waals surface area contributed by atoms with E-state index in [0.29, 0.717) is 6.04 Å². The van der Waals surface area contributed by atoms with Crippen LogP contribution in [0.2, 0.25) is 0 Å². The lowest BCUT2D eigenvalue weighted by atomic mass is 10.0. The number of benzene rings is 1. The van der Waals surface area contributed by atoms with E-state index in [9.17, 15) is 0 Å². The molecule has 1 aromatic carbocycles. The summed E-state index contributed by atoms with van der Waals surface area (Å²) in [6.45, 7) is 3.31. The summed E-state index contributed by atoms with van der Waals surface area (Å²) in [7, 11) is 1.67. The van der Waals surface area contributed by atoms with Crippen molar-refractivity contribution in [2.24, 2.45) is 0 Å². The maximum Gasteiger partial charge on any atom is 0.173 e. The van der Waals surface area contributed by atoms with Gasteiger partial charge in [0.1, 0.15) is 5.75 Å². The lowest BCUT2D eigenvalue weighted by Gasteiger charge is -2.37. The molecule has 3 nitrogen and oxygen atoms in total. The van der Waals surface area contributed by atoms with E-state index in [1.54, 1.807) is 7.11 Å². The van der Waals surface area contributed by atoms with Gasteiger partial charge in [-0.2, -0.15) is 0 Å². The molecular formula is C15H22N2OS. The lowest BCUT2D eigenvalue weighted by molar-refractivity contribution is 0.239. The van der Waals surface area contributed by atoms with Crippen LogP contribution >= 0.6 is 12.2 Å². The number of thiocarbonyl (C=S) groups is 1. The van der Waals surface area contributed by atoms with Gasteiger partial charge in [0.25, 0.3) is 0 Å². The van der Waals surface area contributed by atoms with E-state index in [4.69, 9.17) is 17.0 Å². The monoisotopic (exact) mass is 278 g/mol. The second kappa shape index (κ2) is 6.75. The van der Waals surface area contributed by atoms with Gasteiger partial charge in [-0.15, -0.1) is 0 Å². The number of hydrogen-bond acceptors (Lipinski definition) is 2. The Kier molecular flexibility index (Phi) is 5.02. The van der Waals surface area contributed by atoms with Gasteiger partial charge in [0.05, 0.1) is 7.11 Å². The van der Waals surface area contributed by atoms with Crippen LogP contribution in [0.4, 0.5) is 5.69 Å². The number of piperidine rings is 1. The number of methoxy groups -OCH3 is 1. The van der Waals surface area contributed by atoms with E-state index in [0.717, 1.165) is 29.5 Å². The predicted octanol–water partition coefficient (Wildman–Crippen LogP) is 3.66. The lowest BCUT2D eigenvalue weighted by Crippen LogP contribution is -2.45. The fraction of sp³-hybridized carbons (Fsp3) is 0.533. The molecule has 0 saturated carbocycles. The molecule has 19 heavy (non-hydrogen) atoms. The third kappa shape index (κ3) is 3.60. The Bertz CT molecular complexity index is 419.